The minimum atomic E-state index is -5.83. The molecule has 11 heteroatoms. The standard InChI is InChI=1S/C28H29F3N4O3S/c1-4-5-10-26-32-24-16-15-21(34(2)3)17-25(24)35(26)18-19-11-13-20(14-12-19)22-8-6-7-9-23(22)27(36)33-39(37,38)28(29,30)31/h6-9,11-17H,4-5,10,18H2,1-3H3,(H,33,36). The van der Waals surface area contributed by atoms with Gasteiger partial charge in [0.1, 0.15) is 5.82 Å². The van der Waals surface area contributed by atoms with Crippen LogP contribution < -0.4 is 9.62 Å². The summed E-state index contributed by atoms with van der Waals surface area (Å²) < 4.78 is 64.5. The van der Waals surface area contributed by atoms with E-state index in [4.69, 9.17) is 4.98 Å². The third kappa shape index (κ3) is 6.08. The van der Waals surface area contributed by atoms with Gasteiger partial charge in [-0.2, -0.15) is 21.6 Å². The van der Waals surface area contributed by atoms with Crippen LogP contribution in [-0.2, 0) is 23.0 Å². The van der Waals surface area contributed by atoms with Crippen LogP contribution in [0.5, 0.6) is 0 Å². The van der Waals surface area contributed by atoms with Crippen LogP contribution in [0.15, 0.2) is 66.7 Å². The number of carbonyl (C=O) groups excluding carboxylic acids is 1. The summed E-state index contributed by atoms with van der Waals surface area (Å²) in [4.78, 5) is 19.4. The summed E-state index contributed by atoms with van der Waals surface area (Å²) >= 11 is 0. The first-order valence-corrected chi connectivity index (χ1v) is 13.9. The molecule has 0 saturated carbocycles. The van der Waals surface area contributed by atoms with Crippen molar-refractivity contribution in [3.8, 4) is 11.1 Å². The van der Waals surface area contributed by atoms with Gasteiger partial charge in [-0.1, -0.05) is 55.8 Å². The highest BCUT2D eigenvalue weighted by Gasteiger charge is 2.47. The van der Waals surface area contributed by atoms with Crippen LogP contribution in [-0.4, -0.2) is 43.5 Å². The molecule has 0 aliphatic heterocycles. The van der Waals surface area contributed by atoms with Crippen molar-refractivity contribution in [2.75, 3.05) is 19.0 Å². The molecule has 4 aromatic rings. The average Bonchev–Trinajstić information content (AvgIpc) is 3.23. The fraction of sp³-hybridized carbons (Fsp3) is 0.286. The van der Waals surface area contributed by atoms with Gasteiger partial charge in [-0.3, -0.25) is 4.79 Å². The molecule has 0 aliphatic carbocycles. The molecular weight excluding hydrogens is 529 g/mol. The van der Waals surface area contributed by atoms with Gasteiger partial charge in [0.2, 0.25) is 0 Å². The van der Waals surface area contributed by atoms with E-state index in [0.29, 0.717) is 17.7 Å². The van der Waals surface area contributed by atoms with E-state index in [2.05, 4.69) is 17.6 Å². The van der Waals surface area contributed by atoms with Crippen LogP contribution in [0.1, 0.15) is 41.5 Å². The highest BCUT2D eigenvalue weighted by atomic mass is 32.2. The van der Waals surface area contributed by atoms with E-state index in [0.717, 1.165) is 52.1 Å². The fourth-order valence-electron chi connectivity index (χ4n) is 4.28. The first kappa shape index (κ1) is 28.2. The van der Waals surface area contributed by atoms with E-state index >= 15 is 0 Å². The van der Waals surface area contributed by atoms with Crippen LogP contribution >= 0.6 is 0 Å². The lowest BCUT2D eigenvalue weighted by Crippen LogP contribution is -2.40. The van der Waals surface area contributed by atoms with Crippen molar-refractivity contribution in [2.45, 2.75) is 38.2 Å². The maximum atomic E-state index is 12.8. The Morgan fingerprint density at radius 2 is 1.72 bits per heavy atom. The maximum Gasteiger partial charge on any atom is 0.516 e. The van der Waals surface area contributed by atoms with Crippen LogP contribution in [0, 0.1) is 0 Å². The number of carbonyl (C=O) groups is 1. The number of benzene rings is 3. The third-order valence-corrected chi connectivity index (χ3v) is 7.45. The lowest BCUT2D eigenvalue weighted by Gasteiger charge is -2.14. The number of aryl methyl sites for hydroxylation is 1. The second kappa shape index (κ2) is 11.1. The second-order valence-electron chi connectivity index (χ2n) is 9.41. The van der Waals surface area contributed by atoms with Gasteiger partial charge in [0.15, 0.2) is 0 Å². The van der Waals surface area contributed by atoms with Gasteiger partial charge in [0.25, 0.3) is 5.91 Å². The first-order chi connectivity index (χ1) is 18.4. The van der Waals surface area contributed by atoms with Crippen molar-refractivity contribution < 1.29 is 26.4 Å². The Balaban J connectivity index is 1.65. The number of unbranched alkanes of at least 4 members (excludes halogenated alkanes) is 1. The van der Waals surface area contributed by atoms with Crippen molar-refractivity contribution in [2.24, 2.45) is 0 Å². The molecule has 1 N–H and O–H groups in total. The molecule has 0 saturated heterocycles. The number of alkyl halides is 3. The summed E-state index contributed by atoms with van der Waals surface area (Å²) in [5, 5.41) is 0. The SMILES string of the molecule is CCCCc1nc2ccc(N(C)C)cc2n1Cc1ccc(-c2ccccc2C(=O)NS(=O)(=O)C(F)(F)F)cc1. The van der Waals surface area contributed by atoms with Gasteiger partial charge in [-0.25, -0.2) is 9.71 Å². The Labute approximate surface area is 225 Å². The zero-order chi connectivity index (χ0) is 28.4. The summed E-state index contributed by atoms with van der Waals surface area (Å²) in [5.41, 5.74) is -0.953. The largest absolute Gasteiger partial charge is 0.516 e. The Morgan fingerprint density at radius 1 is 1.03 bits per heavy atom. The molecule has 0 unspecified atom stereocenters. The summed E-state index contributed by atoms with van der Waals surface area (Å²) in [6.45, 7) is 2.69. The van der Waals surface area contributed by atoms with Crippen molar-refractivity contribution in [3.63, 3.8) is 0 Å². The Kier molecular flexibility index (Phi) is 8.01. The van der Waals surface area contributed by atoms with E-state index in [9.17, 15) is 26.4 Å². The van der Waals surface area contributed by atoms with Crippen molar-refractivity contribution in [1.82, 2.24) is 14.3 Å². The number of amides is 1. The number of imidazole rings is 1. The van der Waals surface area contributed by atoms with E-state index in [1.54, 1.807) is 24.3 Å². The number of fused-ring (bicyclic) bond motifs is 1. The van der Waals surface area contributed by atoms with Crippen LogP contribution in [0.25, 0.3) is 22.2 Å². The fourth-order valence-corrected chi connectivity index (χ4v) is 4.75. The molecule has 7 nitrogen and oxygen atoms in total. The molecule has 0 radical (unpaired) electrons. The number of nitrogens with one attached hydrogen (secondary N) is 1. The minimum Gasteiger partial charge on any atom is -0.378 e. The summed E-state index contributed by atoms with van der Waals surface area (Å²) in [5.74, 6) is -0.367. The topological polar surface area (TPSA) is 84.3 Å². The predicted octanol–water partition coefficient (Wildman–Crippen LogP) is 5.74. The molecule has 4 rings (SSSR count). The lowest BCUT2D eigenvalue weighted by molar-refractivity contribution is -0.0446. The molecule has 1 amide bonds. The lowest BCUT2D eigenvalue weighted by atomic mass is 9.98. The highest BCUT2D eigenvalue weighted by molar-refractivity contribution is 7.90. The average molecular weight is 559 g/mol. The molecule has 0 atom stereocenters. The number of hydrogen-bond acceptors (Lipinski definition) is 5. The Bertz CT molecular complexity index is 1590. The molecule has 39 heavy (non-hydrogen) atoms. The highest BCUT2D eigenvalue weighted by Crippen LogP contribution is 2.28. The van der Waals surface area contributed by atoms with Crippen molar-refractivity contribution in [1.29, 1.82) is 0 Å². The molecule has 206 valence electrons. The van der Waals surface area contributed by atoms with Gasteiger partial charge in [0, 0.05) is 38.3 Å². The molecule has 3 aromatic carbocycles. The zero-order valence-corrected chi connectivity index (χ0v) is 22.6. The van der Waals surface area contributed by atoms with Crippen LogP contribution in [0.3, 0.4) is 0 Å². The number of halogens is 3. The van der Waals surface area contributed by atoms with Gasteiger partial charge in [-0.05, 0) is 47.4 Å². The van der Waals surface area contributed by atoms with Gasteiger partial charge < -0.3 is 9.47 Å². The Hall–Kier alpha value is -3.86. The van der Waals surface area contributed by atoms with E-state index in [-0.39, 0.29) is 5.56 Å². The van der Waals surface area contributed by atoms with E-state index < -0.39 is 21.4 Å². The summed E-state index contributed by atoms with van der Waals surface area (Å²) in [6.07, 6.45) is 2.88. The van der Waals surface area contributed by atoms with Gasteiger partial charge in [0.05, 0.1) is 11.0 Å². The smallest absolute Gasteiger partial charge is 0.378 e. The number of aromatic nitrogens is 2. The maximum absolute atomic E-state index is 12.8. The second-order valence-corrected chi connectivity index (χ2v) is 11.1. The summed E-state index contributed by atoms with van der Waals surface area (Å²) in [6, 6.07) is 19.3. The van der Waals surface area contributed by atoms with Crippen LogP contribution in [0.4, 0.5) is 18.9 Å². The monoisotopic (exact) mass is 558 g/mol. The van der Waals surface area contributed by atoms with E-state index in [1.165, 1.54) is 12.1 Å². The van der Waals surface area contributed by atoms with E-state index in [1.807, 2.05) is 43.3 Å². The summed E-state index contributed by atoms with van der Waals surface area (Å²) in [7, 11) is -1.87. The molecule has 0 fully saturated rings. The third-order valence-electron chi connectivity index (χ3n) is 6.39. The number of rotatable bonds is 9. The minimum absolute atomic E-state index is 0.184. The van der Waals surface area contributed by atoms with Crippen molar-refractivity contribution >= 4 is 32.7 Å². The van der Waals surface area contributed by atoms with Gasteiger partial charge in [-0.15, -0.1) is 0 Å². The predicted molar refractivity (Wildman–Crippen MR) is 146 cm³/mol. The molecular formula is C28H29F3N4O3S. The normalized spacial score (nSPS) is 12.1. The van der Waals surface area contributed by atoms with Crippen LogP contribution in [0.2, 0.25) is 0 Å². The molecule has 0 aliphatic rings. The quantitative estimate of drug-likeness (QED) is 0.283. The van der Waals surface area contributed by atoms with Crippen molar-refractivity contribution in [3.05, 3.63) is 83.7 Å². The first-order valence-electron chi connectivity index (χ1n) is 12.4. The van der Waals surface area contributed by atoms with Gasteiger partial charge >= 0.3 is 15.5 Å². The molecule has 1 aromatic heterocycles. The zero-order valence-electron chi connectivity index (χ0n) is 21.8. The Morgan fingerprint density at radius 3 is 2.36 bits per heavy atom. The molecule has 0 spiro atoms. The number of anilines is 1. The number of hydrogen-bond donors (Lipinski definition) is 1. The molecule has 0 bridgehead atoms. The molecule has 1 heterocycles. The number of sulfonamides is 1. The number of nitrogens with zero attached hydrogens (tertiary/aromatic N) is 3.